The van der Waals surface area contributed by atoms with Crippen molar-refractivity contribution < 1.29 is 9.53 Å². The van der Waals surface area contributed by atoms with Crippen molar-refractivity contribution in [2.45, 2.75) is 39.0 Å². The van der Waals surface area contributed by atoms with E-state index in [0.717, 1.165) is 41.8 Å². The molecule has 154 valence electrons. The van der Waals surface area contributed by atoms with Gasteiger partial charge in [-0.05, 0) is 56.4 Å². The molecular formula is C24H25N3O2S. The number of aryl methyl sites for hydroxylation is 1. The van der Waals surface area contributed by atoms with Crippen molar-refractivity contribution in [1.82, 2.24) is 4.98 Å². The van der Waals surface area contributed by atoms with Crippen LogP contribution in [0.25, 0.3) is 0 Å². The summed E-state index contributed by atoms with van der Waals surface area (Å²) < 4.78 is 5.67. The first-order chi connectivity index (χ1) is 14.8. The van der Waals surface area contributed by atoms with Gasteiger partial charge >= 0.3 is 0 Å². The van der Waals surface area contributed by atoms with Crippen molar-refractivity contribution in [3.63, 3.8) is 0 Å². The second kappa shape index (κ2) is 9.67. The number of thiophene rings is 1. The van der Waals surface area contributed by atoms with Gasteiger partial charge in [-0.1, -0.05) is 24.6 Å². The van der Waals surface area contributed by atoms with Gasteiger partial charge in [-0.2, -0.15) is 0 Å². The minimum Gasteiger partial charge on any atom is -0.492 e. The average molecular weight is 420 g/mol. The van der Waals surface area contributed by atoms with Crippen LogP contribution in [0, 0.1) is 0 Å². The lowest BCUT2D eigenvalue weighted by molar-refractivity contribution is 0.102. The van der Waals surface area contributed by atoms with Crippen molar-refractivity contribution >= 4 is 34.1 Å². The summed E-state index contributed by atoms with van der Waals surface area (Å²) in [5.74, 6) is 0.551. The second-order valence-electron chi connectivity index (χ2n) is 7.17. The Balaban J connectivity index is 1.69. The highest BCUT2D eigenvalue weighted by molar-refractivity contribution is 7.16. The number of fused-ring (bicyclic) bond motifs is 1. The number of hydrogen-bond donors (Lipinski definition) is 1. The Morgan fingerprint density at radius 1 is 1.20 bits per heavy atom. The number of hydrogen-bond acceptors (Lipinski definition) is 5. The number of pyridine rings is 1. The fraction of sp³-hybridized carbons (Fsp3) is 0.292. The molecular weight excluding hydrogens is 394 g/mol. The summed E-state index contributed by atoms with van der Waals surface area (Å²) >= 11 is 1.64. The third-order valence-electron chi connectivity index (χ3n) is 5.08. The molecule has 30 heavy (non-hydrogen) atoms. The normalized spacial score (nSPS) is 13.6. The number of benzene rings is 1. The number of ether oxygens (including phenoxy) is 1. The van der Waals surface area contributed by atoms with Crippen LogP contribution in [-0.4, -0.2) is 23.7 Å². The summed E-state index contributed by atoms with van der Waals surface area (Å²) in [6, 6.07) is 11.4. The molecule has 1 N–H and O–H groups in total. The summed E-state index contributed by atoms with van der Waals surface area (Å²) in [6.07, 6.45) is 10.7. The van der Waals surface area contributed by atoms with E-state index in [4.69, 9.17) is 9.73 Å². The van der Waals surface area contributed by atoms with Crippen LogP contribution in [0.3, 0.4) is 0 Å². The highest BCUT2D eigenvalue weighted by Gasteiger charge is 2.25. The predicted molar refractivity (Wildman–Crippen MR) is 123 cm³/mol. The van der Waals surface area contributed by atoms with Gasteiger partial charge in [0.15, 0.2) is 0 Å². The molecule has 0 fully saturated rings. The number of anilines is 1. The quantitative estimate of drug-likeness (QED) is 0.405. The molecule has 1 aromatic carbocycles. The lowest BCUT2D eigenvalue weighted by atomic mass is 10.0. The van der Waals surface area contributed by atoms with E-state index in [1.807, 2.05) is 43.3 Å². The summed E-state index contributed by atoms with van der Waals surface area (Å²) in [6.45, 7) is 2.48. The van der Waals surface area contributed by atoms with Crippen molar-refractivity contribution in [3.8, 4) is 5.75 Å². The standard InChI is InChI=1S/C24H25N3O2S/c1-2-29-20-12-7-6-11-19(20)27-23(28)22-18-10-4-3-5-13-21(18)30-24(22)26-16-17-9-8-14-25-15-17/h6-9,11-12,14-16H,2-5,10,13H2,1H3,(H,27,28)/b26-16-. The van der Waals surface area contributed by atoms with Gasteiger partial charge in [0.05, 0.1) is 17.9 Å². The maximum atomic E-state index is 13.4. The van der Waals surface area contributed by atoms with Crippen LogP contribution >= 0.6 is 11.3 Å². The van der Waals surface area contributed by atoms with Gasteiger partial charge in [-0.3, -0.25) is 9.78 Å². The van der Waals surface area contributed by atoms with Crippen LogP contribution in [0.15, 0.2) is 53.8 Å². The van der Waals surface area contributed by atoms with E-state index in [0.29, 0.717) is 23.6 Å². The van der Waals surface area contributed by atoms with Gasteiger partial charge in [0.2, 0.25) is 0 Å². The van der Waals surface area contributed by atoms with E-state index in [-0.39, 0.29) is 5.91 Å². The summed E-state index contributed by atoms with van der Waals surface area (Å²) in [5.41, 5.74) is 3.44. The molecule has 0 saturated carbocycles. The second-order valence-corrected chi connectivity index (χ2v) is 8.26. The largest absolute Gasteiger partial charge is 0.492 e. The zero-order chi connectivity index (χ0) is 20.8. The Hall–Kier alpha value is -2.99. The first kappa shape index (κ1) is 20.3. The average Bonchev–Trinajstić information content (AvgIpc) is 2.96. The molecule has 3 aromatic rings. The molecule has 1 aliphatic rings. The van der Waals surface area contributed by atoms with Gasteiger partial charge in [0.1, 0.15) is 10.8 Å². The van der Waals surface area contributed by atoms with Crippen molar-refractivity contribution in [3.05, 3.63) is 70.4 Å². The van der Waals surface area contributed by atoms with E-state index >= 15 is 0 Å². The van der Waals surface area contributed by atoms with Crippen molar-refractivity contribution in [2.75, 3.05) is 11.9 Å². The smallest absolute Gasteiger partial charge is 0.259 e. The van der Waals surface area contributed by atoms with E-state index < -0.39 is 0 Å². The number of aliphatic imine (C=N–C) groups is 1. The molecule has 0 spiro atoms. The van der Waals surface area contributed by atoms with Crippen LogP contribution in [0.2, 0.25) is 0 Å². The molecule has 0 bridgehead atoms. The minimum atomic E-state index is -0.125. The molecule has 6 heteroatoms. The van der Waals surface area contributed by atoms with Crippen LogP contribution in [0.5, 0.6) is 5.75 Å². The Kier molecular flexibility index (Phi) is 6.54. The molecule has 0 aliphatic heterocycles. The van der Waals surface area contributed by atoms with Crippen molar-refractivity contribution in [1.29, 1.82) is 0 Å². The van der Waals surface area contributed by atoms with Crippen molar-refractivity contribution in [2.24, 2.45) is 4.99 Å². The number of carbonyl (C=O) groups is 1. The monoisotopic (exact) mass is 419 g/mol. The lowest BCUT2D eigenvalue weighted by Crippen LogP contribution is -2.14. The first-order valence-electron chi connectivity index (χ1n) is 10.4. The van der Waals surface area contributed by atoms with Gasteiger partial charge in [-0.15, -0.1) is 11.3 Å². The number of aromatic nitrogens is 1. The van der Waals surface area contributed by atoms with Gasteiger partial charge in [-0.25, -0.2) is 4.99 Å². The molecule has 0 radical (unpaired) electrons. The third kappa shape index (κ3) is 4.60. The number of amides is 1. The number of carbonyl (C=O) groups excluding carboxylic acids is 1. The molecule has 2 heterocycles. The molecule has 1 amide bonds. The van der Waals surface area contributed by atoms with E-state index in [9.17, 15) is 4.79 Å². The minimum absolute atomic E-state index is 0.125. The van der Waals surface area contributed by atoms with Gasteiger partial charge in [0.25, 0.3) is 5.91 Å². The summed E-state index contributed by atoms with van der Waals surface area (Å²) in [4.78, 5) is 23.5. The SMILES string of the molecule is CCOc1ccccc1NC(=O)c1c(/N=C\c2cccnc2)sc2c1CCCCC2. The summed E-state index contributed by atoms with van der Waals surface area (Å²) in [7, 11) is 0. The van der Waals surface area contributed by atoms with Crippen LogP contribution < -0.4 is 10.1 Å². The molecule has 5 nitrogen and oxygen atoms in total. The summed E-state index contributed by atoms with van der Waals surface area (Å²) in [5, 5.41) is 3.82. The predicted octanol–water partition coefficient (Wildman–Crippen LogP) is 5.81. The molecule has 4 rings (SSSR count). The van der Waals surface area contributed by atoms with E-state index in [2.05, 4.69) is 10.3 Å². The molecule has 2 aromatic heterocycles. The maximum absolute atomic E-state index is 13.4. The third-order valence-corrected chi connectivity index (χ3v) is 6.28. The Morgan fingerprint density at radius 3 is 2.90 bits per heavy atom. The Bertz CT molecular complexity index is 1040. The van der Waals surface area contributed by atoms with Crippen LogP contribution in [0.1, 0.15) is 52.5 Å². The number of nitrogens with zero attached hydrogens (tertiary/aromatic N) is 2. The fourth-order valence-corrected chi connectivity index (χ4v) is 4.91. The fourth-order valence-electron chi connectivity index (χ4n) is 3.67. The number of rotatable bonds is 6. The Labute approximate surface area is 180 Å². The number of para-hydroxylation sites is 2. The zero-order valence-corrected chi connectivity index (χ0v) is 17.9. The highest BCUT2D eigenvalue weighted by Crippen LogP contribution is 2.40. The zero-order valence-electron chi connectivity index (χ0n) is 17.1. The Morgan fingerprint density at radius 2 is 2.07 bits per heavy atom. The molecule has 0 atom stereocenters. The maximum Gasteiger partial charge on any atom is 0.259 e. The topological polar surface area (TPSA) is 63.6 Å². The molecule has 0 unspecified atom stereocenters. The first-order valence-corrected chi connectivity index (χ1v) is 11.2. The van der Waals surface area contributed by atoms with Gasteiger partial charge in [0, 0.05) is 29.0 Å². The molecule has 1 aliphatic carbocycles. The lowest BCUT2D eigenvalue weighted by Gasteiger charge is -2.12. The van der Waals surface area contributed by atoms with Gasteiger partial charge < -0.3 is 10.1 Å². The van der Waals surface area contributed by atoms with E-state index in [1.165, 1.54) is 11.3 Å². The van der Waals surface area contributed by atoms with Crippen LogP contribution in [-0.2, 0) is 12.8 Å². The highest BCUT2D eigenvalue weighted by atomic mass is 32.1. The molecule has 0 saturated heterocycles. The van der Waals surface area contributed by atoms with E-state index in [1.54, 1.807) is 29.9 Å². The van der Waals surface area contributed by atoms with Crippen LogP contribution in [0.4, 0.5) is 10.7 Å². The number of nitrogens with one attached hydrogen (secondary N) is 1.